The Morgan fingerprint density at radius 3 is 2.76 bits per heavy atom. The van der Waals surface area contributed by atoms with Gasteiger partial charge in [0.1, 0.15) is 5.60 Å². The Kier molecular flexibility index (Phi) is 4.85. The van der Waals surface area contributed by atoms with Crippen LogP contribution in [0.4, 0.5) is 9.59 Å². The molecule has 3 aliphatic heterocycles. The fraction of sp³-hybridized carbons (Fsp3) is 0.882. The second kappa shape index (κ2) is 6.64. The van der Waals surface area contributed by atoms with Gasteiger partial charge in [-0.1, -0.05) is 0 Å². The Morgan fingerprint density at radius 1 is 1.36 bits per heavy atom. The first-order chi connectivity index (χ1) is 11.8. The average Bonchev–Trinajstić information content (AvgIpc) is 3.27. The highest BCUT2D eigenvalue weighted by Gasteiger charge is 2.48. The molecule has 8 nitrogen and oxygen atoms in total. The Hall–Kier alpha value is -1.54. The molecule has 3 heterocycles. The summed E-state index contributed by atoms with van der Waals surface area (Å²) in [6.07, 6.45) is 2.41. The minimum absolute atomic E-state index is 0.162. The van der Waals surface area contributed by atoms with Crippen molar-refractivity contribution in [3.05, 3.63) is 0 Å². The highest BCUT2D eigenvalue weighted by atomic mass is 16.6. The van der Waals surface area contributed by atoms with E-state index in [1.165, 1.54) is 0 Å². The summed E-state index contributed by atoms with van der Waals surface area (Å²) >= 11 is 0. The van der Waals surface area contributed by atoms with E-state index >= 15 is 0 Å². The lowest BCUT2D eigenvalue weighted by Crippen LogP contribution is -2.42. The van der Waals surface area contributed by atoms with Gasteiger partial charge in [-0.05, 0) is 39.7 Å². The largest absolute Gasteiger partial charge is 0.443 e. The molecule has 2 unspecified atom stereocenters. The predicted molar refractivity (Wildman–Crippen MR) is 90.4 cm³/mol. The molecule has 3 fully saturated rings. The van der Waals surface area contributed by atoms with Crippen LogP contribution in [0.2, 0.25) is 0 Å². The predicted octanol–water partition coefficient (Wildman–Crippen LogP) is 1.24. The second-order valence-electron chi connectivity index (χ2n) is 8.04. The molecular formula is C17H29N3O5. The van der Waals surface area contributed by atoms with Crippen LogP contribution in [0, 0.1) is 0 Å². The topological polar surface area (TPSA) is 89.1 Å². The summed E-state index contributed by atoms with van der Waals surface area (Å²) in [5, 5.41) is 5.99. The third-order valence-electron chi connectivity index (χ3n) is 5.62. The van der Waals surface area contributed by atoms with E-state index in [2.05, 4.69) is 10.6 Å². The molecule has 2 atom stereocenters. The summed E-state index contributed by atoms with van der Waals surface area (Å²) in [6.45, 7) is 7.02. The van der Waals surface area contributed by atoms with E-state index in [9.17, 15) is 9.59 Å². The molecule has 0 aromatic heterocycles. The maximum atomic E-state index is 12.5. The molecule has 0 saturated carbocycles. The molecule has 1 spiro atoms. The van der Waals surface area contributed by atoms with Crippen molar-refractivity contribution in [2.45, 2.75) is 56.3 Å². The van der Waals surface area contributed by atoms with Crippen LogP contribution in [-0.2, 0) is 14.2 Å². The van der Waals surface area contributed by atoms with Crippen LogP contribution in [0.5, 0.6) is 0 Å². The minimum Gasteiger partial charge on any atom is -0.443 e. The zero-order valence-corrected chi connectivity index (χ0v) is 15.4. The maximum absolute atomic E-state index is 12.5. The standard InChI is InChI=1S/C17H29N3O5/c1-15(2,4-5-16(23-3)6-8-18-10-16)25-14(22)20-9-7-17(12-20)11-19-13(21)24-17/h18H,4-12H2,1-3H3,(H,19,21). The van der Waals surface area contributed by atoms with Crippen LogP contribution >= 0.6 is 0 Å². The number of methoxy groups -OCH3 is 1. The number of carbonyl (C=O) groups is 2. The Morgan fingerprint density at radius 2 is 2.16 bits per heavy atom. The number of likely N-dealkylation sites (tertiary alicyclic amines) is 1. The average molecular weight is 355 g/mol. The highest BCUT2D eigenvalue weighted by molar-refractivity contribution is 5.72. The van der Waals surface area contributed by atoms with Crippen molar-refractivity contribution in [2.24, 2.45) is 0 Å². The van der Waals surface area contributed by atoms with Gasteiger partial charge in [0.05, 0.1) is 18.7 Å². The molecule has 8 heteroatoms. The van der Waals surface area contributed by atoms with Crippen molar-refractivity contribution >= 4 is 12.2 Å². The minimum atomic E-state index is -0.587. The normalized spacial score (nSPS) is 32.1. The van der Waals surface area contributed by atoms with Crippen LogP contribution in [0.15, 0.2) is 0 Å². The Bertz CT molecular complexity index is 532. The molecule has 2 amide bonds. The van der Waals surface area contributed by atoms with Gasteiger partial charge in [0.25, 0.3) is 0 Å². The van der Waals surface area contributed by atoms with Crippen LogP contribution in [0.1, 0.15) is 39.5 Å². The number of ether oxygens (including phenoxy) is 3. The molecule has 0 aromatic carbocycles. The number of nitrogens with zero attached hydrogens (tertiary/aromatic N) is 1. The smallest absolute Gasteiger partial charge is 0.410 e. The summed E-state index contributed by atoms with van der Waals surface area (Å²) in [7, 11) is 1.74. The fourth-order valence-corrected chi connectivity index (χ4v) is 3.82. The Balaban J connectivity index is 1.50. The molecule has 142 valence electrons. The van der Waals surface area contributed by atoms with Gasteiger partial charge in [-0.3, -0.25) is 0 Å². The summed E-state index contributed by atoms with van der Waals surface area (Å²) < 4.78 is 16.8. The van der Waals surface area contributed by atoms with E-state index in [1.54, 1.807) is 12.0 Å². The molecule has 3 aliphatic rings. The summed E-state index contributed by atoms with van der Waals surface area (Å²) in [6, 6.07) is 0. The zero-order chi connectivity index (χ0) is 18.1. The molecule has 0 aliphatic carbocycles. The SMILES string of the molecule is COC1(CCC(C)(C)OC(=O)N2CCC3(CNC(=O)O3)C2)CCNC1. The molecule has 25 heavy (non-hydrogen) atoms. The van der Waals surface area contributed by atoms with Crippen molar-refractivity contribution < 1.29 is 23.8 Å². The van der Waals surface area contributed by atoms with E-state index in [4.69, 9.17) is 14.2 Å². The van der Waals surface area contributed by atoms with Gasteiger partial charge in [-0.2, -0.15) is 0 Å². The maximum Gasteiger partial charge on any atom is 0.410 e. The molecule has 0 radical (unpaired) electrons. The first-order valence-electron chi connectivity index (χ1n) is 8.98. The van der Waals surface area contributed by atoms with Gasteiger partial charge in [-0.15, -0.1) is 0 Å². The van der Waals surface area contributed by atoms with E-state index < -0.39 is 17.3 Å². The van der Waals surface area contributed by atoms with Crippen LogP contribution in [0.3, 0.4) is 0 Å². The highest BCUT2D eigenvalue weighted by Crippen LogP contribution is 2.32. The fourth-order valence-electron chi connectivity index (χ4n) is 3.82. The number of nitrogens with one attached hydrogen (secondary N) is 2. The van der Waals surface area contributed by atoms with Gasteiger partial charge in [0.15, 0.2) is 5.60 Å². The molecule has 3 rings (SSSR count). The number of hydrogen-bond acceptors (Lipinski definition) is 6. The first kappa shape index (κ1) is 18.3. The lowest BCUT2D eigenvalue weighted by Gasteiger charge is -2.33. The van der Waals surface area contributed by atoms with Gasteiger partial charge in [0.2, 0.25) is 0 Å². The van der Waals surface area contributed by atoms with Gasteiger partial charge in [0, 0.05) is 26.6 Å². The number of amides is 2. The molecule has 0 bridgehead atoms. The molecular weight excluding hydrogens is 326 g/mol. The summed E-state index contributed by atoms with van der Waals surface area (Å²) in [5.41, 5.74) is -1.33. The number of alkyl carbamates (subject to hydrolysis) is 1. The van der Waals surface area contributed by atoms with Crippen molar-refractivity contribution in [3.8, 4) is 0 Å². The number of carbonyl (C=O) groups excluding carboxylic acids is 2. The summed E-state index contributed by atoms with van der Waals surface area (Å²) in [5.74, 6) is 0. The lowest BCUT2D eigenvalue weighted by molar-refractivity contribution is -0.0361. The molecule has 2 N–H and O–H groups in total. The monoisotopic (exact) mass is 355 g/mol. The number of hydrogen-bond donors (Lipinski definition) is 2. The van der Waals surface area contributed by atoms with Crippen molar-refractivity contribution in [1.29, 1.82) is 0 Å². The molecule has 3 saturated heterocycles. The summed E-state index contributed by atoms with van der Waals surface area (Å²) in [4.78, 5) is 25.5. The van der Waals surface area contributed by atoms with Crippen molar-refractivity contribution in [3.63, 3.8) is 0 Å². The third-order valence-corrected chi connectivity index (χ3v) is 5.62. The Labute approximate surface area is 148 Å². The quantitative estimate of drug-likeness (QED) is 0.771. The van der Waals surface area contributed by atoms with Crippen LogP contribution < -0.4 is 10.6 Å². The van der Waals surface area contributed by atoms with Crippen LogP contribution in [0.25, 0.3) is 0 Å². The first-order valence-corrected chi connectivity index (χ1v) is 8.98. The molecule has 0 aromatic rings. The van der Waals surface area contributed by atoms with Gasteiger partial charge in [-0.25, -0.2) is 9.59 Å². The van der Waals surface area contributed by atoms with Crippen molar-refractivity contribution in [1.82, 2.24) is 15.5 Å². The zero-order valence-electron chi connectivity index (χ0n) is 15.4. The van der Waals surface area contributed by atoms with E-state index in [-0.39, 0.29) is 11.7 Å². The van der Waals surface area contributed by atoms with Gasteiger partial charge >= 0.3 is 12.2 Å². The van der Waals surface area contributed by atoms with Gasteiger partial charge < -0.3 is 29.7 Å². The van der Waals surface area contributed by atoms with E-state index in [0.29, 0.717) is 26.1 Å². The second-order valence-corrected chi connectivity index (χ2v) is 8.04. The third kappa shape index (κ3) is 4.00. The lowest BCUT2D eigenvalue weighted by atomic mass is 9.90. The van der Waals surface area contributed by atoms with Crippen LogP contribution in [-0.4, -0.2) is 73.7 Å². The van der Waals surface area contributed by atoms with E-state index in [1.807, 2.05) is 13.8 Å². The van der Waals surface area contributed by atoms with E-state index in [0.717, 1.165) is 32.4 Å². The van der Waals surface area contributed by atoms with Crippen molar-refractivity contribution in [2.75, 3.05) is 39.8 Å². The number of rotatable bonds is 5.